The number of allylic oxidation sites excluding steroid dienone is 8. The molecule has 0 aromatic rings. The largest absolute Gasteiger partial charge is 0.0882 e. The van der Waals surface area contributed by atoms with Gasteiger partial charge in [-0.05, 0) is 44.6 Å². The SMILES string of the molecule is [C]1=CC=CCCC=CCC=CCCC1. The Morgan fingerprint density at radius 3 is 2.50 bits per heavy atom. The molecule has 0 aromatic heterocycles. The average molecular weight is 187 g/mol. The summed E-state index contributed by atoms with van der Waals surface area (Å²) in [6.07, 6.45) is 25.5. The van der Waals surface area contributed by atoms with E-state index >= 15 is 0 Å². The van der Waals surface area contributed by atoms with E-state index in [2.05, 4.69) is 42.5 Å². The molecule has 1 aliphatic carbocycles. The fourth-order valence-corrected chi connectivity index (χ4v) is 1.34. The van der Waals surface area contributed by atoms with E-state index < -0.39 is 0 Å². The Kier molecular flexibility index (Phi) is 6.74. The van der Waals surface area contributed by atoms with Gasteiger partial charge in [0.2, 0.25) is 0 Å². The standard InChI is InChI=1S/C14H19/c1-2-4-6-8-10-12-14-13-11-9-7-5-3-1/h1-3,8,10,13-14H,4,6-7,9,11-12H2. The molecule has 1 rings (SSSR count). The molecule has 0 heterocycles. The summed E-state index contributed by atoms with van der Waals surface area (Å²) in [5.74, 6) is 0. The van der Waals surface area contributed by atoms with E-state index in [9.17, 15) is 0 Å². The molecule has 0 N–H and O–H groups in total. The van der Waals surface area contributed by atoms with Gasteiger partial charge in [0.15, 0.2) is 0 Å². The molecule has 75 valence electrons. The molecule has 0 aliphatic heterocycles. The first-order valence-electron chi connectivity index (χ1n) is 5.52. The van der Waals surface area contributed by atoms with Crippen molar-refractivity contribution in [1.82, 2.24) is 0 Å². The van der Waals surface area contributed by atoms with Gasteiger partial charge in [-0.15, -0.1) is 0 Å². The highest BCUT2D eigenvalue weighted by Crippen LogP contribution is 2.01. The first kappa shape index (κ1) is 11.0. The Bertz CT molecular complexity index is 228. The molecular formula is C14H19. The summed E-state index contributed by atoms with van der Waals surface area (Å²) < 4.78 is 0. The van der Waals surface area contributed by atoms with E-state index in [1.807, 2.05) is 6.08 Å². The molecule has 1 aliphatic rings. The minimum absolute atomic E-state index is 1.07. The Morgan fingerprint density at radius 1 is 0.786 bits per heavy atom. The number of hydrogen-bond acceptors (Lipinski definition) is 0. The summed E-state index contributed by atoms with van der Waals surface area (Å²) in [6.45, 7) is 0. The second kappa shape index (κ2) is 8.55. The highest BCUT2D eigenvalue weighted by molar-refractivity contribution is 5.01. The summed E-state index contributed by atoms with van der Waals surface area (Å²) >= 11 is 0. The lowest BCUT2D eigenvalue weighted by molar-refractivity contribution is 0.852. The third-order valence-electron chi connectivity index (χ3n) is 2.15. The quantitative estimate of drug-likeness (QED) is 0.494. The van der Waals surface area contributed by atoms with Crippen LogP contribution in [0.15, 0.2) is 42.5 Å². The molecular weight excluding hydrogens is 168 g/mol. The van der Waals surface area contributed by atoms with Crippen LogP contribution < -0.4 is 0 Å². The third kappa shape index (κ3) is 6.47. The zero-order valence-electron chi connectivity index (χ0n) is 8.78. The van der Waals surface area contributed by atoms with Gasteiger partial charge in [-0.3, -0.25) is 0 Å². The first-order valence-corrected chi connectivity index (χ1v) is 5.52. The van der Waals surface area contributed by atoms with Crippen LogP contribution in [0, 0.1) is 6.08 Å². The van der Waals surface area contributed by atoms with Crippen molar-refractivity contribution < 1.29 is 0 Å². The van der Waals surface area contributed by atoms with E-state index in [0.717, 1.165) is 25.7 Å². The lowest BCUT2D eigenvalue weighted by Gasteiger charge is -1.90. The fourth-order valence-electron chi connectivity index (χ4n) is 1.34. The number of rotatable bonds is 0. The maximum atomic E-state index is 3.28. The van der Waals surface area contributed by atoms with Crippen LogP contribution in [0.25, 0.3) is 0 Å². The zero-order valence-corrected chi connectivity index (χ0v) is 8.78. The Morgan fingerprint density at radius 2 is 1.57 bits per heavy atom. The molecule has 0 saturated carbocycles. The number of hydrogen-bond donors (Lipinski definition) is 0. The van der Waals surface area contributed by atoms with Crippen molar-refractivity contribution in [2.75, 3.05) is 0 Å². The first-order chi connectivity index (χ1) is 7.00. The maximum Gasteiger partial charge on any atom is -0.0169 e. The Labute approximate surface area is 87.7 Å². The van der Waals surface area contributed by atoms with Gasteiger partial charge < -0.3 is 0 Å². The molecule has 0 heteroatoms. The van der Waals surface area contributed by atoms with E-state index in [4.69, 9.17) is 0 Å². The summed E-state index contributed by atoms with van der Waals surface area (Å²) in [5.41, 5.74) is 0. The summed E-state index contributed by atoms with van der Waals surface area (Å²) in [5, 5.41) is 0. The smallest absolute Gasteiger partial charge is 0.0169 e. The predicted octanol–water partition coefficient (Wildman–Crippen LogP) is 4.37. The van der Waals surface area contributed by atoms with Crippen LogP contribution in [0.5, 0.6) is 0 Å². The molecule has 0 bridgehead atoms. The van der Waals surface area contributed by atoms with E-state index in [-0.39, 0.29) is 0 Å². The predicted molar refractivity (Wildman–Crippen MR) is 62.9 cm³/mol. The van der Waals surface area contributed by atoms with Crippen molar-refractivity contribution >= 4 is 0 Å². The van der Waals surface area contributed by atoms with Crippen LogP contribution >= 0.6 is 0 Å². The van der Waals surface area contributed by atoms with Crippen LogP contribution in [0.4, 0.5) is 0 Å². The highest BCUT2D eigenvalue weighted by atomic mass is 13.9. The van der Waals surface area contributed by atoms with E-state index in [1.165, 1.54) is 12.8 Å². The highest BCUT2D eigenvalue weighted by Gasteiger charge is 1.81. The van der Waals surface area contributed by atoms with Crippen LogP contribution in [-0.4, -0.2) is 0 Å². The average Bonchev–Trinajstić information content (AvgIpc) is 2.22. The van der Waals surface area contributed by atoms with E-state index in [1.54, 1.807) is 0 Å². The monoisotopic (exact) mass is 187 g/mol. The van der Waals surface area contributed by atoms with Crippen LogP contribution in [0.3, 0.4) is 0 Å². The van der Waals surface area contributed by atoms with Crippen LogP contribution in [-0.2, 0) is 0 Å². The third-order valence-corrected chi connectivity index (χ3v) is 2.15. The van der Waals surface area contributed by atoms with Gasteiger partial charge in [0, 0.05) is 0 Å². The van der Waals surface area contributed by atoms with Gasteiger partial charge in [0.1, 0.15) is 0 Å². The van der Waals surface area contributed by atoms with Crippen molar-refractivity contribution in [1.29, 1.82) is 0 Å². The maximum absolute atomic E-state index is 3.28. The molecule has 14 heavy (non-hydrogen) atoms. The minimum Gasteiger partial charge on any atom is -0.0882 e. The molecule has 0 spiro atoms. The van der Waals surface area contributed by atoms with E-state index in [0.29, 0.717) is 0 Å². The molecule has 0 aromatic carbocycles. The van der Waals surface area contributed by atoms with Crippen molar-refractivity contribution in [2.24, 2.45) is 0 Å². The van der Waals surface area contributed by atoms with Gasteiger partial charge in [-0.2, -0.15) is 0 Å². The van der Waals surface area contributed by atoms with Gasteiger partial charge in [-0.1, -0.05) is 42.5 Å². The van der Waals surface area contributed by atoms with Gasteiger partial charge >= 0.3 is 0 Å². The second-order valence-electron chi connectivity index (χ2n) is 3.45. The normalized spacial score (nSPS) is 19.4. The summed E-state index contributed by atoms with van der Waals surface area (Å²) in [7, 11) is 0. The van der Waals surface area contributed by atoms with Crippen LogP contribution in [0.2, 0.25) is 0 Å². The summed E-state index contributed by atoms with van der Waals surface area (Å²) in [6, 6.07) is 0. The van der Waals surface area contributed by atoms with Crippen molar-refractivity contribution in [3.8, 4) is 0 Å². The van der Waals surface area contributed by atoms with Gasteiger partial charge in [-0.25, -0.2) is 0 Å². The van der Waals surface area contributed by atoms with Crippen molar-refractivity contribution in [3.63, 3.8) is 0 Å². The molecule has 0 amide bonds. The van der Waals surface area contributed by atoms with Crippen molar-refractivity contribution in [3.05, 3.63) is 48.6 Å². The van der Waals surface area contributed by atoms with Crippen molar-refractivity contribution in [2.45, 2.75) is 38.5 Å². The van der Waals surface area contributed by atoms with Crippen LogP contribution in [0.1, 0.15) is 38.5 Å². The lowest BCUT2D eigenvalue weighted by Crippen LogP contribution is -1.71. The zero-order chi connectivity index (χ0) is 9.90. The summed E-state index contributed by atoms with van der Waals surface area (Å²) in [4.78, 5) is 0. The molecule has 0 fully saturated rings. The topological polar surface area (TPSA) is 0 Å². The molecule has 0 atom stereocenters. The Hall–Kier alpha value is -1.04. The molecule has 0 saturated heterocycles. The minimum atomic E-state index is 1.07. The van der Waals surface area contributed by atoms with Gasteiger partial charge in [0.25, 0.3) is 0 Å². The van der Waals surface area contributed by atoms with Gasteiger partial charge in [0.05, 0.1) is 0 Å². The fraction of sp³-hybridized carbons (Fsp3) is 0.429. The Balaban J connectivity index is 2.34. The molecule has 0 nitrogen and oxygen atoms in total. The molecule has 1 radical (unpaired) electrons. The molecule has 0 unspecified atom stereocenters. The lowest BCUT2D eigenvalue weighted by atomic mass is 10.2. The second-order valence-corrected chi connectivity index (χ2v) is 3.45.